The molecule has 0 aliphatic carbocycles. The lowest BCUT2D eigenvalue weighted by molar-refractivity contribution is -0.0734. The van der Waals surface area contributed by atoms with Gasteiger partial charge in [-0.2, -0.15) is 11.8 Å². The van der Waals surface area contributed by atoms with Crippen molar-refractivity contribution < 1.29 is 9.53 Å². The summed E-state index contributed by atoms with van der Waals surface area (Å²) in [7, 11) is 0. The van der Waals surface area contributed by atoms with E-state index in [1.807, 2.05) is 23.9 Å². The van der Waals surface area contributed by atoms with E-state index in [4.69, 9.17) is 4.74 Å². The van der Waals surface area contributed by atoms with Crippen molar-refractivity contribution in [1.82, 2.24) is 0 Å². The van der Waals surface area contributed by atoms with Gasteiger partial charge in [-0.25, -0.2) is 0 Å². The maximum Gasteiger partial charge on any atom is 0.166 e. The first-order valence-corrected chi connectivity index (χ1v) is 8.58. The van der Waals surface area contributed by atoms with Crippen LogP contribution in [0, 0.1) is 19.8 Å². The Kier molecular flexibility index (Phi) is 3.91. The molecular formula is C17H22O2S. The summed E-state index contributed by atoms with van der Waals surface area (Å²) in [6, 6.07) is 6.18. The van der Waals surface area contributed by atoms with Crippen LogP contribution in [0.3, 0.4) is 0 Å². The van der Waals surface area contributed by atoms with E-state index in [9.17, 15) is 4.79 Å². The molecule has 0 N–H and O–H groups in total. The molecule has 2 nitrogen and oxygen atoms in total. The summed E-state index contributed by atoms with van der Waals surface area (Å²) >= 11 is 1.96. The van der Waals surface area contributed by atoms with E-state index in [2.05, 4.69) is 19.9 Å². The van der Waals surface area contributed by atoms with Crippen LogP contribution in [-0.2, 0) is 4.74 Å². The number of benzene rings is 1. The second-order valence-electron chi connectivity index (χ2n) is 6.26. The summed E-state index contributed by atoms with van der Waals surface area (Å²) in [5, 5.41) is 0. The Balaban J connectivity index is 1.79. The van der Waals surface area contributed by atoms with Crippen molar-refractivity contribution in [2.75, 3.05) is 18.1 Å². The molecular weight excluding hydrogens is 268 g/mol. The van der Waals surface area contributed by atoms with Gasteiger partial charge in [-0.05, 0) is 51.0 Å². The number of hydrogen-bond acceptors (Lipinski definition) is 3. The summed E-state index contributed by atoms with van der Waals surface area (Å²) in [5.41, 5.74) is 3.22. The van der Waals surface area contributed by atoms with Crippen LogP contribution in [0.4, 0.5) is 0 Å². The molecule has 2 aliphatic rings. The second-order valence-corrected chi connectivity index (χ2v) is 7.37. The van der Waals surface area contributed by atoms with Gasteiger partial charge in [0.25, 0.3) is 0 Å². The summed E-state index contributed by atoms with van der Waals surface area (Å²) < 4.78 is 6.02. The van der Waals surface area contributed by atoms with Crippen LogP contribution in [0.5, 0.6) is 0 Å². The number of ketones is 1. The third-order valence-corrected chi connectivity index (χ3v) is 5.66. The number of carbonyl (C=O) groups excluding carboxylic acids is 1. The lowest BCUT2D eigenvalue weighted by Crippen LogP contribution is -2.42. The van der Waals surface area contributed by atoms with Crippen LogP contribution in [-0.4, -0.2) is 29.5 Å². The highest BCUT2D eigenvalue weighted by Gasteiger charge is 2.42. The molecule has 0 bridgehead atoms. The second kappa shape index (κ2) is 5.53. The molecule has 2 aliphatic heterocycles. The number of ether oxygens (including phenoxy) is 1. The van der Waals surface area contributed by atoms with Gasteiger partial charge in [0.05, 0.1) is 5.60 Å². The minimum Gasteiger partial charge on any atom is -0.374 e. The number of carbonyl (C=O) groups is 1. The number of Topliss-reactive ketones (excluding diaryl/α,β-unsaturated/α-hetero) is 1. The first-order valence-electron chi connectivity index (χ1n) is 7.42. The fraction of sp³-hybridized carbons (Fsp3) is 0.588. The standard InChI is InChI=1S/C17H22O2S/c1-12-7-13(2)9-15(8-12)16(18)14-3-5-19-17(10-14)4-6-20-11-17/h7-9,14H,3-6,10-11H2,1-2H3. The highest BCUT2D eigenvalue weighted by Crippen LogP contribution is 2.41. The lowest BCUT2D eigenvalue weighted by Gasteiger charge is -2.37. The van der Waals surface area contributed by atoms with Crippen LogP contribution >= 0.6 is 11.8 Å². The van der Waals surface area contributed by atoms with Crippen LogP contribution in [0.1, 0.15) is 40.7 Å². The zero-order valence-electron chi connectivity index (χ0n) is 12.3. The maximum absolute atomic E-state index is 12.8. The van der Waals surface area contributed by atoms with Crippen molar-refractivity contribution in [1.29, 1.82) is 0 Å². The van der Waals surface area contributed by atoms with E-state index in [0.29, 0.717) is 5.78 Å². The van der Waals surface area contributed by atoms with Crippen LogP contribution in [0.2, 0.25) is 0 Å². The van der Waals surface area contributed by atoms with Gasteiger partial charge in [0.15, 0.2) is 5.78 Å². The summed E-state index contributed by atoms with van der Waals surface area (Å²) in [6.07, 6.45) is 2.89. The van der Waals surface area contributed by atoms with E-state index in [0.717, 1.165) is 37.2 Å². The van der Waals surface area contributed by atoms with Crippen LogP contribution < -0.4 is 0 Å². The SMILES string of the molecule is Cc1cc(C)cc(C(=O)C2CCOC3(CCSC3)C2)c1. The smallest absolute Gasteiger partial charge is 0.166 e. The van der Waals surface area contributed by atoms with Crippen molar-refractivity contribution in [2.45, 2.75) is 38.7 Å². The molecule has 1 aromatic rings. The normalized spacial score (nSPS) is 29.8. The van der Waals surface area contributed by atoms with E-state index >= 15 is 0 Å². The van der Waals surface area contributed by atoms with Crippen molar-refractivity contribution in [3.05, 3.63) is 34.9 Å². The van der Waals surface area contributed by atoms with Crippen molar-refractivity contribution in [2.24, 2.45) is 5.92 Å². The Labute approximate surface area is 125 Å². The fourth-order valence-corrected chi connectivity index (χ4v) is 4.85. The molecule has 2 heterocycles. The number of rotatable bonds is 2. The van der Waals surface area contributed by atoms with Gasteiger partial charge in [-0.1, -0.05) is 17.2 Å². The molecule has 2 saturated heterocycles. The molecule has 2 atom stereocenters. The lowest BCUT2D eigenvalue weighted by atomic mass is 9.81. The third kappa shape index (κ3) is 2.79. The van der Waals surface area contributed by atoms with Gasteiger partial charge in [-0.3, -0.25) is 4.79 Å². The Morgan fingerprint density at radius 3 is 2.70 bits per heavy atom. The Bertz CT molecular complexity index is 497. The molecule has 2 fully saturated rings. The predicted molar refractivity (Wildman–Crippen MR) is 83.6 cm³/mol. The van der Waals surface area contributed by atoms with Crippen molar-refractivity contribution in [3.63, 3.8) is 0 Å². The Hall–Kier alpha value is -0.800. The Morgan fingerprint density at radius 2 is 2.05 bits per heavy atom. The van der Waals surface area contributed by atoms with Crippen molar-refractivity contribution >= 4 is 17.5 Å². The fourth-order valence-electron chi connectivity index (χ4n) is 3.47. The number of hydrogen-bond donors (Lipinski definition) is 0. The zero-order chi connectivity index (χ0) is 14.2. The van der Waals surface area contributed by atoms with Gasteiger partial charge < -0.3 is 4.74 Å². The van der Waals surface area contributed by atoms with Gasteiger partial charge in [0, 0.05) is 23.8 Å². The molecule has 0 radical (unpaired) electrons. The van der Waals surface area contributed by atoms with Crippen molar-refractivity contribution in [3.8, 4) is 0 Å². The monoisotopic (exact) mass is 290 g/mol. The molecule has 0 amide bonds. The first-order chi connectivity index (χ1) is 9.58. The minimum atomic E-state index is -0.0118. The molecule has 1 aromatic carbocycles. The quantitative estimate of drug-likeness (QED) is 0.775. The summed E-state index contributed by atoms with van der Waals surface area (Å²) in [5.74, 6) is 2.69. The van der Waals surface area contributed by atoms with Gasteiger partial charge in [0.1, 0.15) is 0 Å². The molecule has 1 spiro atoms. The summed E-state index contributed by atoms with van der Waals surface area (Å²) in [6.45, 7) is 4.85. The van der Waals surface area contributed by atoms with Crippen LogP contribution in [0.25, 0.3) is 0 Å². The van der Waals surface area contributed by atoms with E-state index < -0.39 is 0 Å². The molecule has 0 saturated carbocycles. The average Bonchev–Trinajstić information content (AvgIpc) is 2.85. The van der Waals surface area contributed by atoms with Gasteiger partial charge >= 0.3 is 0 Å². The highest BCUT2D eigenvalue weighted by atomic mass is 32.2. The minimum absolute atomic E-state index is 0.0118. The van der Waals surface area contributed by atoms with Gasteiger partial charge in [-0.15, -0.1) is 0 Å². The van der Waals surface area contributed by atoms with Crippen LogP contribution in [0.15, 0.2) is 18.2 Å². The molecule has 2 unspecified atom stereocenters. The molecule has 108 valence electrons. The topological polar surface area (TPSA) is 26.3 Å². The van der Waals surface area contributed by atoms with E-state index in [1.54, 1.807) is 0 Å². The molecule has 20 heavy (non-hydrogen) atoms. The number of thioether (sulfide) groups is 1. The maximum atomic E-state index is 12.8. The van der Waals surface area contributed by atoms with E-state index in [1.165, 1.54) is 16.9 Å². The molecule has 3 rings (SSSR count). The average molecular weight is 290 g/mol. The molecule has 0 aromatic heterocycles. The Morgan fingerprint density at radius 1 is 1.30 bits per heavy atom. The predicted octanol–water partition coefficient (Wildman–Crippen LogP) is 3.79. The number of aryl methyl sites for hydroxylation is 2. The van der Waals surface area contributed by atoms with Gasteiger partial charge in [0.2, 0.25) is 0 Å². The highest BCUT2D eigenvalue weighted by molar-refractivity contribution is 7.99. The van der Waals surface area contributed by atoms with E-state index in [-0.39, 0.29) is 11.5 Å². The first kappa shape index (κ1) is 14.2. The molecule has 3 heteroatoms. The summed E-state index contributed by atoms with van der Waals surface area (Å²) in [4.78, 5) is 12.8. The zero-order valence-corrected chi connectivity index (χ0v) is 13.1. The third-order valence-electron chi connectivity index (χ3n) is 4.44. The largest absolute Gasteiger partial charge is 0.374 e.